The number of aromatic hydroxyl groups is 1. The smallest absolute Gasteiger partial charge is 0.166 e. The summed E-state index contributed by atoms with van der Waals surface area (Å²) in [6.45, 7) is 1.68. The zero-order chi connectivity index (χ0) is 15.4. The van der Waals surface area contributed by atoms with Crippen LogP contribution in [0.25, 0.3) is 0 Å². The number of nitrogens with zero attached hydrogens (tertiary/aromatic N) is 1. The molecule has 0 unspecified atom stereocenters. The van der Waals surface area contributed by atoms with Crippen LogP contribution in [0.3, 0.4) is 0 Å². The molecule has 0 heterocycles. The Balaban J connectivity index is 2.24. The first-order chi connectivity index (χ1) is 10.0. The lowest BCUT2D eigenvalue weighted by atomic mass is 10.1. The number of hydrogen-bond acceptors (Lipinski definition) is 3. The van der Waals surface area contributed by atoms with Crippen molar-refractivity contribution in [3.05, 3.63) is 59.2 Å². The fraction of sp³-hybridized carbons (Fsp3) is 0.188. The number of ether oxygens (including phenoxy) is 1. The number of methoxy groups -OCH3 is 1. The maximum atomic E-state index is 13.6. The van der Waals surface area contributed by atoms with Crippen LogP contribution in [0.2, 0.25) is 0 Å². The van der Waals surface area contributed by atoms with Crippen LogP contribution in [-0.2, 0) is 0 Å². The molecule has 0 aliphatic heterocycles. The van der Waals surface area contributed by atoms with Gasteiger partial charge in [0.2, 0.25) is 0 Å². The molecule has 0 aliphatic rings. The molecule has 0 radical (unpaired) electrons. The van der Waals surface area contributed by atoms with Crippen LogP contribution in [0.5, 0.6) is 11.5 Å². The molecule has 0 spiro atoms. The average molecular weight is 291 g/mol. The Labute approximate surface area is 121 Å². The molecular weight excluding hydrogens is 276 g/mol. The van der Waals surface area contributed by atoms with Gasteiger partial charge < -0.3 is 9.84 Å². The maximum absolute atomic E-state index is 13.6. The minimum Gasteiger partial charge on any atom is -0.504 e. The molecule has 3 nitrogen and oxygen atoms in total. The van der Waals surface area contributed by atoms with Crippen molar-refractivity contribution in [2.45, 2.75) is 13.0 Å². The van der Waals surface area contributed by atoms with Crippen molar-refractivity contribution in [2.24, 2.45) is 4.99 Å². The van der Waals surface area contributed by atoms with Crippen molar-refractivity contribution in [1.29, 1.82) is 0 Å². The predicted molar refractivity (Wildman–Crippen MR) is 77.0 cm³/mol. The highest BCUT2D eigenvalue weighted by atomic mass is 19.1. The third-order valence-corrected chi connectivity index (χ3v) is 3.10. The Bertz CT molecular complexity index is 671. The SMILES string of the molecule is COc1cccc(C=N[C@@H](C)c2ccc(F)cc2F)c1O. The minimum absolute atomic E-state index is 0.0319. The van der Waals surface area contributed by atoms with Crippen LogP contribution in [0.4, 0.5) is 8.78 Å². The first-order valence-corrected chi connectivity index (χ1v) is 6.37. The molecule has 0 aromatic heterocycles. The molecular formula is C16H15F2NO2. The summed E-state index contributed by atoms with van der Waals surface area (Å²) in [5.74, 6) is -0.970. The summed E-state index contributed by atoms with van der Waals surface area (Å²) in [7, 11) is 1.45. The van der Waals surface area contributed by atoms with E-state index in [2.05, 4.69) is 4.99 Å². The number of phenolic OH excluding ortho intramolecular Hbond substituents is 1. The molecule has 0 fully saturated rings. The Morgan fingerprint density at radius 3 is 2.67 bits per heavy atom. The van der Waals surface area contributed by atoms with E-state index in [1.54, 1.807) is 25.1 Å². The normalized spacial score (nSPS) is 12.6. The van der Waals surface area contributed by atoms with Crippen LogP contribution in [0, 0.1) is 11.6 Å². The molecule has 110 valence electrons. The summed E-state index contributed by atoms with van der Waals surface area (Å²) in [6, 6.07) is 7.86. The van der Waals surface area contributed by atoms with Crippen molar-refractivity contribution in [3.8, 4) is 11.5 Å². The molecule has 0 saturated heterocycles. The standard InChI is InChI=1S/C16H15F2NO2/c1-10(13-7-6-12(17)8-14(13)18)19-9-11-4-3-5-15(21-2)16(11)20/h3-10,20H,1-2H3/t10-/m0/s1. The van der Waals surface area contributed by atoms with E-state index in [1.807, 2.05) is 0 Å². The third-order valence-electron chi connectivity index (χ3n) is 3.10. The molecule has 1 atom stereocenters. The van der Waals surface area contributed by atoms with Gasteiger partial charge in [0.15, 0.2) is 11.5 Å². The van der Waals surface area contributed by atoms with Gasteiger partial charge in [-0.1, -0.05) is 12.1 Å². The fourth-order valence-corrected chi connectivity index (χ4v) is 1.92. The van der Waals surface area contributed by atoms with Gasteiger partial charge in [0, 0.05) is 23.4 Å². The molecule has 1 N–H and O–H groups in total. The van der Waals surface area contributed by atoms with Crippen LogP contribution >= 0.6 is 0 Å². The Morgan fingerprint density at radius 2 is 2.00 bits per heavy atom. The quantitative estimate of drug-likeness (QED) is 0.869. The number of halogens is 2. The number of aliphatic imine (C=N–C) groups is 1. The summed E-state index contributed by atoms with van der Waals surface area (Å²) >= 11 is 0. The van der Waals surface area contributed by atoms with Crippen LogP contribution in [0.15, 0.2) is 41.4 Å². The lowest BCUT2D eigenvalue weighted by Gasteiger charge is -2.09. The highest BCUT2D eigenvalue weighted by Crippen LogP contribution is 2.29. The highest BCUT2D eigenvalue weighted by molar-refractivity contribution is 5.84. The van der Waals surface area contributed by atoms with Gasteiger partial charge in [-0.3, -0.25) is 4.99 Å². The fourth-order valence-electron chi connectivity index (χ4n) is 1.92. The number of benzene rings is 2. The Hall–Kier alpha value is -2.43. The molecule has 0 saturated carbocycles. The summed E-state index contributed by atoms with van der Waals surface area (Å²) in [4.78, 5) is 4.19. The topological polar surface area (TPSA) is 41.8 Å². The van der Waals surface area contributed by atoms with E-state index in [1.165, 1.54) is 25.5 Å². The Morgan fingerprint density at radius 1 is 1.24 bits per heavy atom. The number of para-hydroxylation sites is 1. The van der Waals surface area contributed by atoms with Crippen LogP contribution in [-0.4, -0.2) is 18.4 Å². The predicted octanol–water partition coefficient (Wildman–Crippen LogP) is 3.86. The number of rotatable bonds is 4. The zero-order valence-corrected chi connectivity index (χ0v) is 11.7. The second-order valence-corrected chi connectivity index (χ2v) is 4.52. The third kappa shape index (κ3) is 3.37. The van der Waals surface area contributed by atoms with Gasteiger partial charge in [-0.05, 0) is 25.1 Å². The second kappa shape index (κ2) is 6.35. The van der Waals surface area contributed by atoms with Crippen molar-refractivity contribution < 1.29 is 18.6 Å². The molecule has 0 bridgehead atoms. The molecule has 2 aromatic rings. The van der Waals surface area contributed by atoms with E-state index in [0.29, 0.717) is 11.3 Å². The van der Waals surface area contributed by atoms with Gasteiger partial charge in [-0.2, -0.15) is 0 Å². The maximum Gasteiger partial charge on any atom is 0.166 e. The van der Waals surface area contributed by atoms with E-state index in [4.69, 9.17) is 4.74 Å². The first kappa shape index (κ1) is 15.0. The van der Waals surface area contributed by atoms with E-state index in [9.17, 15) is 13.9 Å². The molecule has 5 heteroatoms. The van der Waals surface area contributed by atoms with Crippen molar-refractivity contribution in [1.82, 2.24) is 0 Å². The lowest BCUT2D eigenvalue weighted by molar-refractivity contribution is 0.373. The number of phenols is 1. The second-order valence-electron chi connectivity index (χ2n) is 4.52. The Kier molecular flexibility index (Phi) is 4.52. The van der Waals surface area contributed by atoms with Crippen molar-refractivity contribution >= 4 is 6.21 Å². The highest BCUT2D eigenvalue weighted by Gasteiger charge is 2.11. The van der Waals surface area contributed by atoms with Crippen LogP contribution in [0.1, 0.15) is 24.1 Å². The molecule has 21 heavy (non-hydrogen) atoms. The van der Waals surface area contributed by atoms with Gasteiger partial charge in [-0.25, -0.2) is 8.78 Å². The van der Waals surface area contributed by atoms with E-state index in [0.717, 1.165) is 6.07 Å². The molecule has 2 rings (SSSR count). The molecule has 0 amide bonds. The number of hydrogen-bond donors (Lipinski definition) is 1. The van der Waals surface area contributed by atoms with Gasteiger partial charge in [-0.15, -0.1) is 0 Å². The monoisotopic (exact) mass is 291 g/mol. The summed E-state index contributed by atoms with van der Waals surface area (Å²) < 4.78 is 31.5. The summed E-state index contributed by atoms with van der Waals surface area (Å²) in [6.07, 6.45) is 1.44. The lowest BCUT2D eigenvalue weighted by Crippen LogP contribution is -1.97. The molecule has 0 aliphatic carbocycles. The van der Waals surface area contributed by atoms with Gasteiger partial charge in [0.1, 0.15) is 11.6 Å². The van der Waals surface area contributed by atoms with Crippen molar-refractivity contribution in [2.75, 3.05) is 7.11 Å². The van der Waals surface area contributed by atoms with E-state index >= 15 is 0 Å². The minimum atomic E-state index is -0.644. The largest absolute Gasteiger partial charge is 0.504 e. The molecule has 2 aromatic carbocycles. The first-order valence-electron chi connectivity index (χ1n) is 6.37. The van der Waals surface area contributed by atoms with Gasteiger partial charge >= 0.3 is 0 Å². The van der Waals surface area contributed by atoms with Gasteiger partial charge in [0.25, 0.3) is 0 Å². The average Bonchev–Trinajstić information content (AvgIpc) is 2.46. The van der Waals surface area contributed by atoms with E-state index < -0.39 is 17.7 Å². The zero-order valence-electron chi connectivity index (χ0n) is 11.7. The van der Waals surface area contributed by atoms with Gasteiger partial charge in [0.05, 0.1) is 13.2 Å². The summed E-state index contributed by atoms with van der Waals surface area (Å²) in [5, 5.41) is 9.92. The van der Waals surface area contributed by atoms with Crippen LogP contribution < -0.4 is 4.74 Å². The van der Waals surface area contributed by atoms with E-state index in [-0.39, 0.29) is 11.3 Å². The summed E-state index contributed by atoms with van der Waals surface area (Å²) in [5.41, 5.74) is 0.749. The van der Waals surface area contributed by atoms with Crippen molar-refractivity contribution in [3.63, 3.8) is 0 Å².